The molecule has 0 aliphatic rings. The molecule has 3 nitrogen and oxygen atoms in total. The molecule has 84 valence electrons. The first-order chi connectivity index (χ1) is 8.29. The molecule has 0 saturated carbocycles. The third-order valence-electron chi connectivity index (χ3n) is 2.20. The molecule has 0 saturated heterocycles. The average molecular weight is 245 g/mol. The van der Waals surface area contributed by atoms with Crippen molar-refractivity contribution < 1.29 is 4.74 Å². The number of pyridine rings is 1. The summed E-state index contributed by atoms with van der Waals surface area (Å²) in [5.41, 5.74) is 1.61. The van der Waals surface area contributed by atoms with Crippen LogP contribution in [-0.2, 0) is 6.61 Å². The average Bonchev–Trinajstić information content (AvgIpc) is 2.38. The summed E-state index contributed by atoms with van der Waals surface area (Å²) in [6, 6.07) is 12.8. The van der Waals surface area contributed by atoms with Crippen molar-refractivity contribution in [2.45, 2.75) is 6.61 Å². The minimum atomic E-state index is 0.348. The standard InChI is InChI=1S/C13H9ClN2O/c14-13-12(2-1-7-16-13)17-9-11-5-3-10(8-15)4-6-11/h1-7H,9H2. The van der Waals surface area contributed by atoms with Crippen LogP contribution in [-0.4, -0.2) is 4.98 Å². The predicted octanol–water partition coefficient (Wildman–Crippen LogP) is 3.19. The molecule has 0 aliphatic carbocycles. The maximum atomic E-state index is 8.67. The van der Waals surface area contributed by atoms with Gasteiger partial charge in [-0.15, -0.1) is 0 Å². The molecule has 0 fully saturated rings. The minimum absolute atomic E-state index is 0.348. The van der Waals surface area contributed by atoms with Gasteiger partial charge in [0.1, 0.15) is 6.61 Å². The Kier molecular flexibility index (Phi) is 3.59. The van der Waals surface area contributed by atoms with Crippen LogP contribution in [0.2, 0.25) is 5.15 Å². The van der Waals surface area contributed by atoms with E-state index in [0.717, 1.165) is 5.56 Å². The summed E-state index contributed by atoms with van der Waals surface area (Å²) in [7, 11) is 0. The molecule has 1 aromatic carbocycles. The largest absolute Gasteiger partial charge is 0.486 e. The Balaban J connectivity index is 2.03. The predicted molar refractivity (Wildman–Crippen MR) is 64.7 cm³/mol. The zero-order valence-corrected chi connectivity index (χ0v) is 9.69. The van der Waals surface area contributed by atoms with Crippen molar-refractivity contribution in [2.24, 2.45) is 0 Å². The molecular formula is C13H9ClN2O. The first-order valence-corrected chi connectivity index (χ1v) is 5.40. The summed E-state index contributed by atoms with van der Waals surface area (Å²) in [6.45, 7) is 0.400. The molecule has 1 aromatic heterocycles. The van der Waals surface area contributed by atoms with Crippen LogP contribution in [0.15, 0.2) is 42.6 Å². The summed E-state index contributed by atoms with van der Waals surface area (Å²) in [6.07, 6.45) is 1.61. The number of nitrogens with zero attached hydrogens (tertiary/aromatic N) is 2. The quantitative estimate of drug-likeness (QED) is 0.779. The molecule has 0 radical (unpaired) electrons. The van der Waals surface area contributed by atoms with Gasteiger partial charge in [0.15, 0.2) is 10.9 Å². The smallest absolute Gasteiger partial charge is 0.171 e. The van der Waals surface area contributed by atoms with Crippen LogP contribution >= 0.6 is 11.6 Å². The van der Waals surface area contributed by atoms with Crippen LogP contribution in [0.5, 0.6) is 5.75 Å². The Morgan fingerprint density at radius 2 is 2.00 bits per heavy atom. The lowest BCUT2D eigenvalue weighted by Crippen LogP contribution is -1.96. The van der Waals surface area contributed by atoms with Crippen molar-refractivity contribution in [3.05, 3.63) is 58.9 Å². The highest BCUT2D eigenvalue weighted by Crippen LogP contribution is 2.21. The Morgan fingerprint density at radius 3 is 2.65 bits per heavy atom. The number of ether oxygens (including phenoxy) is 1. The second kappa shape index (κ2) is 5.33. The fourth-order valence-electron chi connectivity index (χ4n) is 1.32. The number of aromatic nitrogens is 1. The van der Waals surface area contributed by atoms with Gasteiger partial charge in [0.25, 0.3) is 0 Å². The van der Waals surface area contributed by atoms with E-state index in [1.54, 1.807) is 30.5 Å². The van der Waals surface area contributed by atoms with E-state index in [-0.39, 0.29) is 0 Å². The summed E-state index contributed by atoms with van der Waals surface area (Å²) >= 11 is 5.86. The van der Waals surface area contributed by atoms with Gasteiger partial charge in [-0.25, -0.2) is 4.98 Å². The number of hydrogen-bond acceptors (Lipinski definition) is 3. The zero-order chi connectivity index (χ0) is 12.1. The normalized spacial score (nSPS) is 9.65. The molecule has 0 atom stereocenters. The Hall–Kier alpha value is -2.05. The molecule has 17 heavy (non-hydrogen) atoms. The molecule has 0 bridgehead atoms. The lowest BCUT2D eigenvalue weighted by atomic mass is 10.2. The van der Waals surface area contributed by atoms with Crippen LogP contribution < -0.4 is 4.74 Å². The monoisotopic (exact) mass is 244 g/mol. The van der Waals surface area contributed by atoms with E-state index in [2.05, 4.69) is 11.1 Å². The Morgan fingerprint density at radius 1 is 1.24 bits per heavy atom. The van der Waals surface area contributed by atoms with Gasteiger partial charge in [-0.1, -0.05) is 23.7 Å². The maximum Gasteiger partial charge on any atom is 0.171 e. The minimum Gasteiger partial charge on any atom is -0.486 e. The number of hydrogen-bond donors (Lipinski definition) is 0. The van der Waals surface area contributed by atoms with Crippen LogP contribution in [0.4, 0.5) is 0 Å². The summed E-state index contributed by atoms with van der Waals surface area (Å²) in [4.78, 5) is 3.92. The van der Waals surface area contributed by atoms with E-state index in [1.165, 1.54) is 0 Å². The van der Waals surface area contributed by atoms with E-state index < -0.39 is 0 Å². The maximum absolute atomic E-state index is 8.67. The molecule has 2 rings (SSSR count). The van der Waals surface area contributed by atoms with Gasteiger partial charge in [-0.2, -0.15) is 5.26 Å². The van der Waals surface area contributed by atoms with E-state index in [9.17, 15) is 0 Å². The van der Waals surface area contributed by atoms with Gasteiger partial charge in [0.2, 0.25) is 0 Å². The molecule has 1 heterocycles. The van der Waals surface area contributed by atoms with Crippen LogP contribution in [0.3, 0.4) is 0 Å². The first-order valence-electron chi connectivity index (χ1n) is 5.02. The van der Waals surface area contributed by atoms with Crippen molar-refractivity contribution >= 4 is 11.6 Å². The molecule has 0 aliphatic heterocycles. The van der Waals surface area contributed by atoms with Crippen molar-refractivity contribution in [1.29, 1.82) is 5.26 Å². The Bertz CT molecular complexity index is 546. The molecule has 0 spiro atoms. The molecule has 0 amide bonds. The Labute approximate surface area is 104 Å². The zero-order valence-electron chi connectivity index (χ0n) is 8.93. The van der Waals surface area contributed by atoms with Crippen molar-refractivity contribution in [1.82, 2.24) is 4.98 Å². The van der Waals surface area contributed by atoms with E-state index in [0.29, 0.717) is 23.1 Å². The summed E-state index contributed by atoms with van der Waals surface area (Å²) in [5.74, 6) is 0.554. The lowest BCUT2D eigenvalue weighted by molar-refractivity contribution is 0.305. The van der Waals surface area contributed by atoms with Crippen LogP contribution in [0.25, 0.3) is 0 Å². The molecule has 0 unspecified atom stereocenters. The molecule has 2 aromatic rings. The SMILES string of the molecule is N#Cc1ccc(COc2cccnc2Cl)cc1. The van der Waals surface area contributed by atoms with Crippen molar-refractivity contribution in [3.63, 3.8) is 0 Å². The van der Waals surface area contributed by atoms with Crippen molar-refractivity contribution in [2.75, 3.05) is 0 Å². The van der Waals surface area contributed by atoms with Crippen LogP contribution in [0.1, 0.15) is 11.1 Å². The number of nitriles is 1. The van der Waals surface area contributed by atoms with E-state index >= 15 is 0 Å². The third-order valence-corrected chi connectivity index (χ3v) is 2.49. The second-order valence-electron chi connectivity index (χ2n) is 3.39. The van der Waals surface area contributed by atoms with Gasteiger partial charge in [-0.3, -0.25) is 0 Å². The van der Waals surface area contributed by atoms with Crippen LogP contribution in [0, 0.1) is 11.3 Å². The van der Waals surface area contributed by atoms with Gasteiger partial charge >= 0.3 is 0 Å². The topological polar surface area (TPSA) is 45.9 Å². The van der Waals surface area contributed by atoms with E-state index in [1.807, 2.05) is 12.1 Å². The summed E-state index contributed by atoms with van der Waals surface area (Å²) < 4.78 is 5.52. The fraction of sp³-hybridized carbons (Fsp3) is 0.0769. The highest BCUT2D eigenvalue weighted by atomic mass is 35.5. The summed E-state index contributed by atoms with van der Waals surface area (Å²) in [5, 5.41) is 9.01. The van der Waals surface area contributed by atoms with Gasteiger partial charge in [0, 0.05) is 6.20 Å². The van der Waals surface area contributed by atoms with Gasteiger partial charge < -0.3 is 4.74 Å². The lowest BCUT2D eigenvalue weighted by Gasteiger charge is -2.06. The van der Waals surface area contributed by atoms with E-state index in [4.69, 9.17) is 21.6 Å². The van der Waals surface area contributed by atoms with Gasteiger partial charge in [0.05, 0.1) is 11.6 Å². The second-order valence-corrected chi connectivity index (χ2v) is 3.75. The highest BCUT2D eigenvalue weighted by molar-refractivity contribution is 6.30. The third kappa shape index (κ3) is 2.96. The first kappa shape index (κ1) is 11.4. The fourth-order valence-corrected chi connectivity index (χ4v) is 1.49. The molecular weight excluding hydrogens is 236 g/mol. The molecule has 4 heteroatoms. The molecule has 0 N–H and O–H groups in total. The van der Waals surface area contributed by atoms with Gasteiger partial charge in [-0.05, 0) is 29.8 Å². The number of benzene rings is 1. The van der Waals surface area contributed by atoms with Crippen molar-refractivity contribution in [3.8, 4) is 11.8 Å². The number of halogens is 1. The highest BCUT2D eigenvalue weighted by Gasteiger charge is 2.01. The number of rotatable bonds is 3.